The van der Waals surface area contributed by atoms with E-state index in [9.17, 15) is 13.2 Å². The van der Waals surface area contributed by atoms with E-state index in [1.807, 2.05) is 0 Å². The van der Waals surface area contributed by atoms with E-state index in [2.05, 4.69) is 0 Å². The molecule has 0 fully saturated rings. The Labute approximate surface area is 46.7 Å². The summed E-state index contributed by atoms with van der Waals surface area (Å²) < 4.78 is 33.7. The van der Waals surface area contributed by atoms with Crippen molar-refractivity contribution in [2.45, 2.75) is 18.9 Å². The molecule has 0 aromatic heterocycles. The molecule has 0 amide bonds. The Morgan fingerprint density at radius 3 is 1.25 bits per heavy atom. The molecule has 0 spiro atoms. The van der Waals surface area contributed by atoms with Crippen LogP contribution < -0.4 is 0 Å². The SMILES string of the molecule is C[SiH](C)C(F)(F)F.F. The Morgan fingerprint density at radius 2 is 1.25 bits per heavy atom. The van der Waals surface area contributed by atoms with Crippen LogP contribution in [0, 0.1) is 0 Å². The summed E-state index contributed by atoms with van der Waals surface area (Å²) in [7, 11) is -2.36. The average Bonchev–Trinajstić information content (AvgIpc) is 1.31. The van der Waals surface area contributed by atoms with Crippen LogP contribution in [0.25, 0.3) is 0 Å². The van der Waals surface area contributed by atoms with Gasteiger partial charge in [-0.25, -0.2) is 0 Å². The van der Waals surface area contributed by atoms with Crippen LogP contribution in [0.4, 0.5) is 17.9 Å². The van der Waals surface area contributed by atoms with Crippen LogP contribution in [0.3, 0.4) is 0 Å². The number of halogens is 4. The summed E-state index contributed by atoms with van der Waals surface area (Å²) in [4.78, 5) is 0. The van der Waals surface area contributed by atoms with E-state index in [0.29, 0.717) is 0 Å². The highest BCUT2D eigenvalue weighted by Gasteiger charge is 2.32. The number of hydrogen-bond acceptors (Lipinski definition) is 0. The third-order valence-electron chi connectivity index (χ3n) is 0.655. The van der Waals surface area contributed by atoms with E-state index in [-0.39, 0.29) is 4.70 Å². The fraction of sp³-hybridized carbons (Fsp3) is 1.00. The van der Waals surface area contributed by atoms with Gasteiger partial charge in [-0.05, 0) is 0 Å². The molecule has 0 bridgehead atoms. The number of hydrogen-bond donors (Lipinski definition) is 0. The fourth-order valence-electron chi connectivity index (χ4n) is 0. The van der Waals surface area contributed by atoms with Crippen molar-refractivity contribution >= 4 is 8.80 Å². The quantitative estimate of drug-likeness (QED) is 0.362. The first-order chi connectivity index (χ1) is 2.94. The zero-order valence-electron chi connectivity index (χ0n) is 4.62. The van der Waals surface area contributed by atoms with Gasteiger partial charge in [0.2, 0.25) is 0 Å². The number of rotatable bonds is 0. The predicted molar refractivity (Wildman–Crippen MR) is 27.4 cm³/mol. The molecule has 0 saturated carbocycles. The van der Waals surface area contributed by atoms with Crippen molar-refractivity contribution in [3.8, 4) is 0 Å². The molecule has 0 unspecified atom stereocenters. The molecule has 0 radical (unpaired) electrons. The monoisotopic (exact) mass is 148 g/mol. The lowest BCUT2D eigenvalue weighted by molar-refractivity contribution is -0.0505. The number of alkyl halides is 3. The van der Waals surface area contributed by atoms with Crippen LogP contribution in [0.15, 0.2) is 0 Å². The molecular formula is C3H8F4Si. The molecule has 0 saturated heterocycles. The van der Waals surface area contributed by atoms with Crippen LogP contribution >= 0.6 is 0 Å². The van der Waals surface area contributed by atoms with E-state index in [0.717, 1.165) is 0 Å². The van der Waals surface area contributed by atoms with Crippen molar-refractivity contribution in [3.63, 3.8) is 0 Å². The Balaban J connectivity index is 0. The fourth-order valence-corrected chi connectivity index (χ4v) is 0. The van der Waals surface area contributed by atoms with E-state index >= 15 is 0 Å². The van der Waals surface area contributed by atoms with Gasteiger partial charge < -0.3 is 0 Å². The van der Waals surface area contributed by atoms with E-state index in [1.165, 1.54) is 13.1 Å². The summed E-state index contributed by atoms with van der Waals surface area (Å²) in [6.45, 7) is 2.53. The van der Waals surface area contributed by atoms with Gasteiger partial charge >= 0.3 is 5.80 Å². The minimum atomic E-state index is -3.86. The smallest absolute Gasteiger partial charge is 0.269 e. The first kappa shape index (κ1) is 10.8. The summed E-state index contributed by atoms with van der Waals surface area (Å²) in [5, 5.41) is 0. The zero-order chi connectivity index (χ0) is 6.08. The Kier molecular flexibility index (Phi) is 4.15. The van der Waals surface area contributed by atoms with Crippen LogP contribution in [0.1, 0.15) is 0 Å². The van der Waals surface area contributed by atoms with Gasteiger partial charge in [-0.1, -0.05) is 13.1 Å². The zero-order valence-corrected chi connectivity index (χ0v) is 5.77. The highest BCUT2D eigenvalue weighted by molar-refractivity contribution is 6.57. The molecule has 0 N–H and O–H groups in total. The molecule has 0 rings (SSSR count). The molecule has 0 aliphatic heterocycles. The van der Waals surface area contributed by atoms with Crippen molar-refractivity contribution < 1.29 is 17.9 Å². The van der Waals surface area contributed by atoms with Gasteiger partial charge in [0, 0.05) is 0 Å². The third kappa shape index (κ3) is 4.11. The summed E-state index contributed by atoms with van der Waals surface area (Å²) in [6.07, 6.45) is 0. The summed E-state index contributed by atoms with van der Waals surface area (Å²) in [6, 6.07) is 0. The van der Waals surface area contributed by atoms with E-state index in [1.54, 1.807) is 0 Å². The second-order valence-corrected chi connectivity index (χ2v) is 4.66. The standard InChI is InChI=1S/C3H7F3Si.FH/c1-7(2)3(4,5)6;/h7H,1-2H3;1H. The maximum Gasteiger partial charge on any atom is 0.357 e. The van der Waals surface area contributed by atoms with Crippen molar-refractivity contribution in [2.75, 3.05) is 0 Å². The Hall–Kier alpha value is -0.0631. The summed E-state index contributed by atoms with van der Waals surface area (Å²) in [5.74, 6) is -3.86. The molecule has 0 aliphatic carbocycles. The summed E-state index contributed by atoms with van der Waals surface area (Å²) in [5.41, 5.74) is 0. The lowest BCUT2D eigenvalue weighted by atomic mass is 11.5. The first-order valence-corrected chi connectivity index (χ1v) is 4.90. The minimum absolute atomic E-state index is 0. The topological polar surface area (TPSA) is 0 Å². The van der Waals surface area contributed by atoms with Crippen molar-refractivity contribution in [2.24, 2.45) is 0 Å². The maximum absolute atomic E-state index is 11.2. The molecule has 0 atom stereocenters. The van der Waals surface area contributed by atoms with Crippen molar-refractivity contribution in [1.82, 2.24) is 0 Å². The van der Waals surface area contributed by atoms with E-state index in [4.69, 9.17) is 0 Å². The van der Waals surface area contributed by atoms with Crippen molar-refractivity contribution in [3.05, 3.63) is 0 Å². The molecule has 8 heavy (non-hydrogen) atoms. The molecule has 0 aromatic rings. The Morgan fingerprint density at radius 1 is 1.12 bits per heavy atom. The molecule has 0 heterocycles. The van der Waals surface area contributed by atoms with Gasteiger partial charge in [-0.15, -0.1) is 0 Å². The van der Waals surface area contributed by atoms with E-state index < -0.39 is 14.6 Å². The van der Waals surface area contributed by atoms with Crippen LogP contribution in [0.5, 0.6) is 0 Å². The highest BCUT2D eigenvalue weighted by atomic mass is 28.3. The second kappa shape index (κ2) is 3.06. The van der Waals surface area contributed by atoms with Gasteiger partial charge in [0.25, 0.3) is 0 Å². The highest BCUT2D eigenvalue weighted by Crippen LogP contribution is 2.17. The van der Waals surface area contributed by atoms with Crippen LogP contribution in [0.2, 0.25) is 13.1 Å². The average molecular weight is 148 g/mol. The first-order valence-electron chi connectivity index (χ1n) is 2.01. The minimum Gasteiger partial charge on any atom is -0.269 e. The lowest BCUT2D eigenvalue weighted by Crippen LogP contribution is -2.26. The van der Waals surface area contributed by atoms with Gasteiger partial charge in [0.15, 0.2) is 8.80 Å². The van der Waals surface area contributed by atoms with Gasteiger partial charge in [-0.2, -0.15) is 13.2 Å². The molecule has 0 aromatic carbocycles. The molecule has 0 nitrogen and oxygen atoms in total. The molecule has 5 heteroatoms. The van der Waals surface area contributed by atoms with Gasteiger partial charge in [0.1, 0.15) is 0 Å². The largest absolute Gasteiger partial charge is 0.357 e. The van der Waals surface area contributed by atoms with Crippen molar-refractivity contribution in [1.29, 1.82) is 0 Å². The third-order valence-corrected chi connectivity index (χ3v) is 1.96. The van der Waals surface area contributed by atoms with Crippen LogP contribution in [-0.2, 0) is 0 Å². The predicted octanol–water partition coefficient (Wildman–Crippen LogP) is 1.73. The van der Waals surface area contributed by atoms with Gasteiger partial charge in [-0.3, -0.25) is 4.70 Å². The summed E-state index contributed by atoms with van der Waals surface area (Å²) >= 11 is 0. The maximum atomic E-state index is 11.2. The Bertz CT molecular complexity index is 56.8. The normalized spacial score (nSPS) is 11.2. The van der Waals surface area contributed by atoms with Crippen LogP contribution in [-0.4, -0.2) is 14.6 Å². The lowest BCUT2D eigenvalue weighted by Gasteiger charge is -2.06. The molecule has 0 aliphatic rings. The molecule has 52 valence electrons. The second-order valence-electron chi connectivity index (χ2n) is 1.70. The van der Waals surface area contributed by atoms with Gasteiger partial charge in [0.05, 0.1) is 0 Å². The molecular weight excluding hydrogens is 140 g/mol.